The lowest BCUT2D eigenvalue weighted by atomic mass is 10.1. The highest BCUT2D eigenvalue weighted by atomic mass is 32.2. The maximum absolute atomic E-state index is 12.6. The van der Waals surface area contributed by atoms with Crippen LogP contribution in [0, 0.1) is 0 Å². The third kappa shape index (κ3) is 5.63. The predicted octanol–water partition coefficient (Wildman–Crippen LogP) is 1.78. The van der Waals surface area contributed by atoms with Crippen LogP contribution in [0.3, 0.4) is 0 Å². The fraction of sp³-hybridized carbons (Fsp3) is 0.409. The van der Waals surface area contributed by atoms with E-state index in [9.17, 15) is 18.0 Å². The van der Waals surface area contributed by atoms with Gasteiger partial charge in [0.1, 0.15) is 18.1 Å². The number of carbonyl (C=O) groups is 2. The monoisotopic (exact) mass is 459 g/mol. The van der Waals surface area contributed by atoms with Gasteiger partial charge in [-0.1, -0.05) is 24.3 Å². The van der Waals surface area contributed by atoms with E-state index in [4.69, 9.17) is 9.15 Å². The summed E-state index contributed by atoms with van der Waals surface area (Å²) in [6.07, 6.45) is 2.33. The van der Waals surface area contributed by atoms with E-state index in [1.165, 1.54) is 5.01 Å². The molecule has 0 spiro atoms. The van der Waals surface area contributed by atoms with E-state index < -0.39 is 15.9 Å². The second-order valence-corrected chi connectivity index (χ2v) is 10.1. The van der Waals surface area contributed by atoms with Crippen LogP contribution in [0.15, 0.2) is 52.2 Å². The molecule has 2 aliphatic rings. The molecule has 1 saturated heterocycles. The Kier molecular flexibility index (Phi) is 6.71. The van der Waals surface area contributed by atoms with Crippen LogP contribution in [0.25, 0.3) is 0 Å². The molecule has 32 heavy (non-hydrogen) atoms. The van der Waals surface area contributed by atoms with Gasteiger partial charge in [0, 0.05) is 19.4 Å². The standard InChI is InChI=1S/C22H25N3O6S/c26-21-7-6-20(24-25(21)18-8-10-32(28,29)15-18)22(27)23-12-16-3-1-4-17(11-16)13-30-14-19-5-2-9-31-19/h1-5,9,11,18H,6-8,10,12-15H2,(H,23,27). The van der Waals surface area contributed by atoms with Crippen LogP contribution in [0.1, 0.15) is 36.1 Å². The summed E-state index contributed by atoms with van der Waals surface area (Å²) in [7, 11) is -3.16. The van der Waals surface area contributed by atoms with Crippen LogP contribution < -0.4 is 5.32 Å². The minimum atomic E-state index is -3.16. The van der Waals surface area contributed by atoms with E-state index in [1.807, 2.05) is 36.4 Å². The number of carbonyl (C=O) groups excluding carboxylic acids is 2. The average molecular weight is 460 g/mol. The summed E-state index contributed by atoms with van der Waals surface area (Å²) in [5.74, 6) is 0.0875. The number of amides is 2. The Labute approximate surface area is 186 Å². The van der Waals surface area contributed by atoms with Crippen LogP contribution in [0.4, 0.5) is 0 Å². The number of hydrazone groups is 1. The molecule has 1 N–H and O–H groups in total. The van der Waals surface area contributed by atoms with Gasteiger partial charge in [0.2, 0.25) is 5.91 Å². The number of furan rings is 1. The highest BCUT2D eigenvalue weighted by Crippen LogP contribution is 2.22. The van der Waals surface area contributed by atoms with Gasteiger partial charge in [0.15, 0.2) is 9.84 Å². The molecule has 0 aliphatic carbocycles. The third-order valence-electron chi connectivity index (χ3n) is 5.41. The third-order valence-corrected chi connectivity index (χ3v) is 7.16. The number of hydrogen-bond acceptors (Lipinski definition) is 7. The first-order valence-electron chi connectivity index (χ1n) is 10.5. The van der Waals surface area contributed by atoms with E-state index in [-0.39, 0.29) is 41.9 Å². The van der Waals surface area contributed by atoms with Gasteiger partial charge in [-0.15, -0.1) is 0 Å². The van der Waals surface area contributed by atoms with Crippen molar-refractivity contribution in [3.8, 4) is 0 Å². The quantitative estimate of drug-likeness (QED) is 0.643. The molecule has 2 aromatic rings. The molecule has 9 nitrogen and oxygen atoms in total. The topological polar surface area (TPSA) is 118 Å². The van der Waals surface area contributed by atoms with Crippen LogP contribution in [-0.2, 0) is 43.9 Å². The van der Waals surface area contributed by atoms with Crippen molar-refractivity contribution in [2.24, 2.45) is 5.10 Å². The van der Waals surface area contributed by atoms with Gasteiger partial charge in [-0.25, -0.2) is 13.4 Å². The SMILES string of the molecule is O=C(NCc1cccc(COCc2ccco2)c1)C1=NN(C2CCS(=O)(=O)C2)C(=O)CC1. The van der Waals surface area contributed by atoms with Crippen molar-refractivity contribution in [3.63, 3.8) is 0 Å². The number of nitrogens with one attached hydrogen (secondary N) is 1. The van der Waals surface area contributed by atoms with Crippen LogP contribution in [-0.4, -0.2) is 48.5 Å². The van der Waals surface area contributed by atoms with Gasteiger partial charge in [-0.3, -0.25) is 9.59 Å². The Balaban J connectivity index is 1.32. The molecule has 0 radical (unpaired) electrons. The zero-order valence-electron chi connectivity index (χ0n) is 17.5. The van der Waals surface area contributed by atoms with E-state index in [0.717, 1.165) is 16.9 Å². The summed E-state index contributed by atoms with van der Waals surface area (Å²) < 4.78 is 34.4. The average Bonchev–Trinajstić information content (AvgIpc) is 3.42. The fourth-order valence-corrected chi connectivity index (χ4v) is 5.46. The molecule has 1 atom stereocenters. The van der Waals surface area contributed by atoms with Crippen molar-refractivity contribution in [2.75, 3.05) is 11.5 Å². The van der Waals surface area contributed by atoms with Crippen molar-refractivity contribution in [3.05, 3.63) is 59.5 Å². The highest BCUT2D eigenvalue weighted by Gasteiger charge is 2.37. The summed E-state index contributed by atoms with van der Waals surface area (Å²) in [6, 6.07) is 10.9. The van der Waals surface area contributed by atoms with Crippen molar-refractivity contribution in [2.45, 2.75) is 45.1 Å². The minimum Gasteiger partial charge on any atom is -0.467 e. The van der Waals surface area contributed by atoms with Gasteiger partial charge in [0.25, 0.3) is 5.91 Å². The lowest BCUT2D eigenvalue weighted by molar-refractivity contribution is -0.133. The summed E-state index contributed by atoms with van der Waals surface area (Å²) >= 11 is 0. The van der Waals surface area contributed by atoms with Gasteiger partial charge in [-0.05, 0) is 29.7 Å². The number of rotatable bonds is 8. The molecule has 2 amide bonds. The number of ether oxygens (including phenoxy) is 1. The number of hydrogen-bond donors (Lipinski definition) is 1. The molecule has 1 fully saturated rings. The lowest BCUT2D eigenvalue weighted by Crippen LogP contribution is -2.43. The first-order valence-corrected chi connectivity index (χ1v) is 12.3. The lowest BCUT2D eigenvalue weighted by Gasteiger charge is -2.27. The van der Waals surface area contributed by atoms with Crippen molar-refractivity contribution < 1.29 is 27.2 Å². The smallest absolute Gasteiger partial charge is 0.267 e. The molecule has 1 aromatic heterocycles. The van der Waals surface area contributed by atoms with E-state index in [2.05, 4.69) is 10.4 Å². The molecular formula is C22H25N3O6S. The molecule has 0 bridgehead atoms. The van der Waals surface area contributed by atoms with E-state index in [0.29, 0.717) is 26.2 Å². The Morgan fingerprint density at radius 1 is 1.19 bits per heavy atom. The normalized spacial score (nSPS) is 20.2. The van der Waals surface area contributed by atoms with Crippen molar-refractivity contribution in [1.29, 1.82) is 0 Å². The zero-order chi connectivity index (χ0) is 22.6. The van der Waals surface area contributed by atoms with Crippen LogP contribution >= 0.6 is 0 Å². The Hall–Kier alpha value is -2.98. The van der Waals surface area contributed by atoms with E-state index in [1.54, 1.807) is 6.26 Å². The molecule has 4 rings (SSSR count). The number of benzene rings is 1. The van der Waals surface area contributed by atoms with E-state index >= 15 is 0 Å². The maximum Gasteiger partial charge on any atom is 0.267 e. The Bertz CT molecular complexity index is 1110. The Morgan fingerprint density at radius 3 is 2.78 bits per heavy atom. The van der Waals surface area contributed by atoms with Crippen LogP contribution in [0.2, 0.25) is 0 Å². The molecule has 1 aromatic carbocycles. The molecular weight excluding hydrogens is 434 g/mol. The second kappa shape index (κ2) is 9.66. The first kappa shape index (κ1) is 22.2. The summed E-state index contributed by atoms with van der Waals surface area (Å²) in [4.78, 5) is 24.8. The summed E-state index contributed by atoms with van der Waals surface area (Å²) in [5.41, 5.74) is 2.12. The maximum atomic E-state index is 12.6. The molecule has 2 aliphatic heterocycles. The van der Waals surface area contributed by atoms with Gasteiger partial charge in [-0.2, -0.15) is 5.10 Å². The molecule has 10 heteroatoms. The highest BCUT2D eigenvalue weighted by molar-refractivity contribution is 7.91. The molecule has 3 heterocycles. The summed E-state index contributed by atoms with van der Waals surface area (Å²) in [6.45, 7) is 1.09. The predicted molar refractivity (Wildman–Crippen MR) is 116 cm³/mol. The fourth-order valence-electron chi connectivity index (χ4n) is 3.77. The van der Waals surface area contributed by atoms with Gasteiger partial charge < -0.3 is 14.5 Å². The van der Waals surface area contributed by atoms with Gasteiger partial charge in [0.05, 0.1) is 30.4 Å². The van der Waals surface area contributed by atoms with Crippen molar-refractivity contribution in [1.82, 2.24) is 10.3 Å². The van der Waals surface area contributed by atoms with Crippen molar-refractivity contribution >= 4 is 27.4 Å². The number of sulfone groups is 1. The van der Waals surface area contributed by atoms with Crippen LogP contribution in [0.5, 0.6) is 0 Å². The Morgan fingerprint density at radius 2 is 2.03 bits per heavy atom. The second-order valence-electron chi connectivity index (χ2n) is 7.92. The molecule has 1 unspecified atom stereocenters. The summed E-state index contributed by atoms with van der Waals surface area (Å²) in [5, 5.41) is 8.23. The minimum absolute atomic E-state index is 0.0417. The molecule has 0 saturated carbocycles. The largest absolute Gasteiger partial charge is 0.467 e. The number of nitrogens with zero attached hydrogens (tertiary/aromatic N) is 2. The first-order chi connectivity index (χ1) is 15.4. The van der Waals surface area contributed by atoms with Gasteiger partial charge >= 0.3 is 0 Å². The molecule has 170 valence electrons. The zero-order valence-corrected chi connectivity index (χ0v) is 18.3.